The van der Waals surface area contributed by atoms with Crippen LogP contribution in [0.15, 0.2) is 54.7 Å². The van der Waals surface area contributed by atoms with Crippen molar-refractivity contribution in [1.29, 1.82) is 0 Å². The molecule has 0 saturated heterocycles. The van der Waals surface area contributed by atoms with Gasteiger partial charge in [-0.15, -0.1) is 0 Å². The SMILES string of the molecule is O=C(Nc1ncc(I)nc1C(=O)O)OCC1c2ccccc2-c2ccccc21. The van der Waals surface area contributed by atoms with Gasteiger partial charge in [0.25, 0.3) is 0 Å². The highest BCUT2D eigenvalue weighted by Gasteiger charge is 2.29. The molecule has 0 radical (unpaired) electrons. The lowest BCUT2D eigenvalue weighted by Crippen LogP contribution is -2.21. The minimum absolute atomic E-state index is 0.0834. The number of carboxylic acid groups (broad SMARTS) is 1. The molecule has 7 nitrogen and oxygen atoms in total. The zero-order valence-corrected chi connectivity index (χ0v) is 16.6. The molecule has 1 heterocycles. The van der Waals surface area contributed by atoms with Crippen molar-refractivity contribution in [2.75, 3.05) is 11.9 Å². The van der Waals surface area contributed by atoms with E-state index in [1.807, 2.05) is 59.0 Å². The number of fused-ring (bicyclic) bond motifs is 3. The summed E-state index contributed by atoms with van der Waals surface area (Å²) in [5.74, 6) is -1.51. The Morgan fingerprint density at radius 3 is 2.29 bits per heavy atom. The largest absolute Gasteiger partial charge is 0.476 e. The third-order valence-corrected chi connectivity index (χ3v) is 5.03. The smallest absolute Gasteiger partial charge is 0.412 e. The van der Waals surface area contributed by atoms with Crippen LogP contribution in [0.1, 0.15) is 27.5 Å². The first-order valence-electron chi connectivity index (χ1n) is 8.42. The first kappa shape index (κ1) is 18.4. The topological polar surface area (TPSA) is 101 Å². The standard InChI is InChI=1S/C20H14IN3O4/c21-16-9-22-18(17(23-16)19(25)26)24-20(27)28-10-15-13-7-3-1-5-11(13)12-6-2-4-8-14(12)15/h1-9,15H,10H2,(H,25,26)(H,22,24,27). The predicted octanol–water partition coefficient (Wildman–Crippen LogP) is 4.14. The summed E-state index contributed by atoms with van der Waals surface area (Å²) in [6.45, 7) is 0.125. The van der Waals surface area contributed by atoms with Crippen LogP contribution in [0, 0.1) is 3.70 Å². The van der Waals surface area contributed by atoms with Crippen LogP contribution < -0.4 is 5.32 Å². The number of rotatable bonds is 4. The Labute approximate surface area is 173 Å². The summed E-state index contributed by atoms with van der Waals surface area (Å²) >= 11 is 1.85. The van der Waals surface area contributed by atoms with Crippen LogP contribution >= 0.6 is 22.6 Å². The number of amides is 1. The second kappa shape index (κ2) is 7.55. The maximum absolute atomic E-state index is 12.3. The van der Waals surface area contributed by atoms with Gasteiger partial charge < -0.3 is 9.84 Å². The summed E-state index contributed by atoms with van der Waals surface area (Å²) in [5, 5.41) is 11.6. The number of aromatic carboxylic acids is 1. The third kappa shape index (κ3) is 3.42. The van der Waals surface area contributed by atoms with Crippen LogP contribution in [-0.4, -0.2) is 33.7 Å². The molecule has 1 aliphatic rings. The molecule has 1 aliphatic carbocycles. The van der Waals surface area contributed by atoms with Gasteiger partial charge in [-0.2, -0.15) is 0 Å². The minimum Gasteiger partial charge on any atom is -0.476 e. The second-order valence-corrected chi connectivity index (χ2v) is 7.25. The fourth-order valence-electron chi connectivity index (χ4n) is 3.34. The fraction of sp³-hybridized carbons (Fsp3) is 0.100. The summed E-state index contributed by atoms with van der Waals surface area (Å²) in [4.78, 5) is 31.4. The number of hydrogen-bond donors (Lipinski definition) is 2. The Morgan fingerprint density at radius 2 is 1.68 bits per heavy atom. The highest BCUT2D eigenvalue weighted by molar-refractivity contribution is 14.1. The molecule has 3 aromatic rings. The van der Waals surface area contributed by atoms with Crippen LogP contribution in [0.5, 0.6) is 0 Å². The highest BCUT2D eigenvalue weighted by Crippen LogP contribution is 2.44. The molecule has 0 saturated carbocycles. The van der Waals surface area contributed by atoms with Crippen LogP contribution in [0.2, 0.25) is 0 Å². The first-order chi connectivity index (χ1) is 13.5. The van der Waals surface area contributed by atoms with Crippen molar-refractivity contribution in [3.63, 3.8) is 0 Å². The number of ether oxygens (including phenoxy) is 1. The van der Waals surface area contributed by atoms with Crippen molar-refractivity contribution in [2.45, 2.75) is 5.92 Å². The van der Waals surface area contributed by atoms with Crippen LogP contribution in [0.4, 0.5) is 10.6 Å². The second-order valence-electron chi connectivity index (χ2n) is 6.15. The summed E-state index contributed by atoms with van der Waals surface area (Å²) in [7, 11) is 0. The van der Waals surface area contributed by atoms with Gasteiger partial charge in [0.2, 0.25) is 0 Å². The van der Waals surface area contributed by atoms with E-state index in [2.05, 4.69) is 27.4 Å². The average Bonchev–Trinajstić information content (AvgIpc) is 3.01. The first-order valence-corrected chi connectivity index (χ1v) is 9.50. The van der Waals surface area contributed by atoms with Gasteiger partial charge in [0.1, 0.15) is 10.3 Å². The predicted molar refractivity (Wildman–Crippen MR) is 110 cm³/mol. The van der Waals surface area contributed by atoms with Crippen LogP contribution in [0.25, 0.3) is 11.1 Å². The molecule has 0 unspecified atom stereocenters. The molecule has 0 atom stereocenters. The van der Waals surface area contributed by atoms with Gasteiger partial charge in [-0.3, -0.25) is 5.32 Å². The molecule has 4 rings (SSSR count). The molecule has 0 spiro atoms. The molecule has 1 aromatic heterocycles. The molecule has 8 heteroatoms. The average molecular weight is 487 g/mol. The van der Waals surface area contributed by atoms with Gasteiger partial charge in [0.05, 0.1) is 6.20 Å². The van der Waals surface area contributed by atoms with E-state index < -0.39 is 12.1 Å². The van der Waals surface area contributed by atoms with Crippen molar-refractivity contribution in [3.05, 3.63) is 75.2 Å². The van der Waals surface area contributed by atoms with Gasteiger partial charge in [0.15, 0.2) is 11.5 Å². The number of hydrogen-bond acceptors (Lipinski definition) is 5. The van der Waals surface area contributed by atoms with Gasteiger partial charge in [-0.25, -0.2) is 19.6 Å². The highest BCUT2D eigenvalue weighted by atomic mass is 127. The lowest BCUT2D eigenvalue weighted by molar-refractivity contribution is 0.0691. The summed E-state index contributed by atoms with van der Waals surface area (Å²) in [6, 6.07) is 16.0. The maximum Gasteiger partial charge on any atom is 0.412 e. The molecule has 140 valence electrons. The molecule has 1 amide bonds. The number of benzene rings is 2. The summed E-state index contributed by atoms with van der Waals surface area (Å²) in [5.41, 5.74) is 4.11. The van der Waals surface area contributed by atoms with Gasteiger partial charge in [0, 0.05) is 5.92 Å². The van der Waals surface area contributed by atoms with E-state index in [0.29, 0.717) is 3.70 Å². The molecular weight excluding hydrogens is 473 g/mol. The normalized spacial score (nSPS) is 12.2. The number of carboxylic acids is 1. The Kier molecular flexibility index (Phi) is 4.95. The van der Waals surface area contributed by atoms with Crippen molar-refractivity contribution in [2.24, 2.45) is 0 Å². The van der Waals surface area contributed by atoms with Gasteiger partial charge >= 0.3 is 12.1 Å². The molecule has 0 bridgehead atoms. The molecule has 2 N–H and O–H groups in total. The van der Waals surface area contributed by atoms with E-state index in [0.717, 1.165) is 22.3 Å². The third-order valence-electron chi connectivity index (χ3n) is 4.51. The minimum atomic E-state index is -1.28. The quantitative estimate of drug-likeness (QED) is 0.537. The lowest BCUT2D eigenvalue weighted by Gasteiger charge is -2.14. The number of aromatic nitrogens is 2. The summed E-state index contributed by atoms with van der Waals surface area (Å²) in [6.07, 6.45) is 0.589. The van der Waals surface area contributed by atoms with E-state index in [1.54, 1.807) is 0 Å². The number of carbonyl (C=O) groups is 2. The van der Waals surface area contributed by atoms with Crippen molar-refractivity contribution in [3.8, 4) is 11.1 Å². The molecule has 0 fully saturated rings. The molecule has 2 aromatic carbocycles. The van der Waals surface area contributed by atoms with Gasteiger partial charge in [-0.1, -0.05) is 48.5 Å². The number of anilines is 1. The Bertz CT molecular complexity index is 1040. The molecule has 0 aliphatic heterocycles. The van der Waals surface area contributed by atoms with Crippen molar-refractivity contribution >= 4 is 40.5 Å². The van der Waals surface area contributed by atoms with Crippen LogP contribution in [-0.2, 0) is 4.74 Å². The Balaban J connectivity index is 1.51. The fourth-order valence-corrected chi connectivity index (χ4v) is 3.72. The monoisotopic (exact) mass is 487 g/mol. The number of carbonyl (C=O) groups excluding carboxylic acids is 1. The van der Waals surface area contributed by atoms with E-state index >= 15 is 0 Å². The maximum atomic E-state index is 12.3. The summed E-state index contributed by atoms with van der Waals surface area (Å²) < 4.78 is 5.81. The van der Waals surface area contributed by atoms with Crippen molar-refractivity contribution in [1.82, 2.24) is 9.97 Å². The zero-order valence-electron chi connectivity index (χ0n) is 14.4. The Morgan fingerprint density at radius 1 is 1.07 bits per heavy atom. The lowest BCUT2D eigenvalue weighted by atomic mass is 9.98. The van der Waals surface area contributed by atoms with Crippen molar-refractivity contribution < 1.29 is 19.4 Å². The number of nitrogens with one attached hydrogen (secondary N) is 1. The zero-order chi connectivity index (χ0) is 19.7. The van der Waals surface area contributed by atoms with E-state index in [9.17, 15) is 14.7 Å². The van der Waals surface area contributed by atoms with Crippen LogP contribution in [0.3, 0.4) is 0 Å². The molecule has 28 heavy (non-hydrogen) atoms. The Hall–Kier alpha value is -3.01. The van der Waals surface area contributed by atoms with Gasteiger partial charge in [-0.05, 0) is 44.8 Å². The molecular formula is C20H14IN3O4. The number of nitrogens with zero attached hydrogens (tertiary/aromatic N) is 2. The van der Waals surface area contributed by atoms with E-state index in [4.69, 9.17) is 4.74 Å². The van der Waals surface area contributed by atoms with E-state index in [-0.39, 0.29) is 24.0 Å². The number of halogens is 1. The van der Waals surface area contributed by atoms with E-state index in [1.165, 1.54) is 6.20 Å².